The van der Waals surface area contributed by atoms with Crippen molar-refractivity contribution in [1.82, 2.24) is 9.13 Å². The molecular formula is C22H12FN3O2. The molecule has 0 saturated heterocycles. The number of pyridine rings is 1. The molecule has 0 N–H and O–H groups in total. The molecular weight excluding hydrogens is 357 g/mol. The van der Waals surface area contributed by atoms with Crippen molar-refractivity contribution >= 4 is 16.8 Å². The first-order valence-electron chi connectivity index (χ1n) is 8.66. The van der Waals surface area contributed by atoms with Gasteiger partial charge in [0.05, 0.1) is 22.5 Å². The zero-order chi connectivity index (χ0) is 19.4. The third-order valence-electron chi connectivity index (χ3n) is 5.06. The molecule has 134 valence electrons. The van der Waals surface area contributed by atoms with E-state index in [4.69, 9.17) is 0 Å². The van der Waals surface area contributed by atoms with E-state index in [2.05, 4.69) is 6.07 Å². The Morgan fingerprint density at radius 1 is 1.04 bits per heavy atom. The van der Waals surface area contributed by atoms with Crippen LogP contribution in [0.4, 0.5) is 4.39 Å². The normalized spacial score (nSPS) is 12.1. The molecule has 0 bridgehead atoms. The second-order valence-corrected chi connectivity index (χ2v) is 6.65. The quantitative estimate of drug-likeness (QED) is 0.478. The maximum Gasteiger partial charge on any atom is 0.268 e. The zero-order valence-electron chi connectivity index (χ0n) is 14.5. The van der Waals surface area contributed by atoms with Crippen LogP contribution in [-0.4, -0.2) is 15.0 Å². The summed E-state index contributed by atoms with van der Waals surface area (Å²) >= 11 is 0. The topological polar surface area (TPSA) is 67.8 Å². The number of hydrogen-bond acceptors (Lipinski definition) is 3. The minimum atomic E-state index is -0.397. The van der Waals surface area contributed by atoms with E-state index >= 15 is 0 Å². The molecule has 5 rings (SSSR count). The number of rotatable bonds is 2. The number of aromatic nitrogens is 2. The fraction of sp³-hybridized carbons (Fsp3) is 0.0455. The first-order valence-corrected chi connectivity index (χ1v) is 8.66. The van der Waals surface area contributed by atoms with Crippen LogP contribution in [0.2, 0.25) is 0 Å². The summed E-state index contributed by atoms with van der Waals surface area (Å²) in [6.07, 6.45) is 1.61. The number of carbonyl (C=O) groups is 1. The standard InChI is InChI=1S/C22H12FN3O2/c23-15-6-1-4-13(10-15)12-26-19-14(11-24)5-2-7-16(19)21(27)18-20(26)17-8-3-9-25(17)22(18)28/h1-10H,12H2. The van der Waals surface area contributed by atoms with Gasteiger partial charge in [0, 0.05) is 18.1 Å². The number of hydrogen-bond donors (Lipinski definition) is 0. The van der Waals surface area contributed by atoms with Crippen LogP contribution in [0.3, 0.4) is 0 Å². The molecule has 1 aliphatic heterocycles. The summed E-state index contributed by atoms with van der Waals surface area (Å²) in [4.78, 5) is 26.0. The molecule has 0 amide bonds. The lowest BCUT2D eigenvalue weighted by Gasteiger charge is -2.17. The largest absolute Gasteiger partial charge is 0.333 e. The third kappa shape index (κ3) is 2.10. The first kappa shape index (κ1) is 16.2. The van der Waals surface area contributed by atoms with Crippen molar-refractivity contribution in [3.63, 3.8) is 0 Å². The van der Waals surface area contributed by atoms with E-state index in [1.807, 2.05) is 0 Å². The number of benzene rings is 2. The molecule has 0 atom stereocenters. The third-order valence-corrected chi connectivity index (χ3v) is 5.06. The molecule has 28 heavy (non-hydrogen) atoms. The lowest BCUT2D eigenvalue weighted by atomic mass is 10.0. The molecule has 0 aliphatic carbocycles. The van der Waals surface area contributed by atoms with Gasteiger partial charge in [-0.15, -0.1) is 0 Å². The average Bonchev–Trinajstić information content (AvgIpc) is 3.27. The molecule has 2 aromatic carbocycles. The molecule has 0 spiro atoms. The Morgan fingerprint density at radius 3 is 2.64 bits per heavy atom. The van der Waals surface area contributed by atoms with Crippen LogP contribution in [0, 0.1) is 17.1 Å². The SMILES string of the molecule is N#Cc1cccc2c(=O)c3c(n(Cc4cccc(F)c4)c12)-c1cccn1C3=O. The molecule has 0 unspecified atom stereocenters. The van der Waals surface area contributed by atoms with Gasteiger partial charge in [-0.1, -0.05) is 18.2 Å². The Balaban J connectivity index is 1.94. The summed E-state index contributed by atoms with van der Waals surface area (Å²) in [5.41, 5.74) is 2.16. The van der Waals surface area contributed by atoms with Gasteiger partial charge in [-0.25, -0.2) is 4.39 Å². The van der Waals surface area contributed by atoms with Gasteiger partial charge in [0.25, 0.3) is 5.91 Å². The zero-order valence-corrected chi connectivity index (χ0v) is 14.5. The molecule has 0 saturated carbocycles. The summed E-state index contributed by atoms with van der Waals surface area (Å²) in [5, 5.41) is 9.92. The molecule has 0 fully saturated rings. The van der Waals surface area contributed by atoms with E-state index in [9.17, 15) is 19.2 Å². The maximum absolute atomic E-state index is 13.7. The lowest BCUT2D eigenvalue weighted by Crippen LogP contribution is -2.21. The van der Waals surface area contributed by atoms with Gasteiger partial charge in [0.15, 0.2) is 0 Å². The van der Waals surface area contributed by atoms with Crippen LogP contribution in [0.1, 0.15) is 21.5 Å². The van der Waals surface area contributed by atoms with Gasteiger partial charge >= 0.3 is 0 Å². The van der Waals surface area contributed by atoms with Crippen LogP contribution in [-0.2, 0) is 6.54 Å². The second-order valence-electron chi connectivity index (χ2n) is 6.65. The van der Waals surface area contributed by atoms with E-state index in [0.29, 0.717) is 33.4 Å². The van der Waals surface area contributed by atoms with Crippen molar-refractivity contribution in [1.29, 1.82) is 5.26 Å². The van der Waals surface area contributed by atoms with Crippen LogP contribution >= 0.6 is 0 Å². The number of nitriles is 1. The van der Waals surface area contributed by atoms with Crippen LogP contribution in [0.15, 0.2) is 65.6 Å². The highest BCUT2D eigenvalue weighted by atomic mass is 19.1. The van der Waals surface area contributed by atoms with E-state index in [1.54, 1.807) is 53.2 Å². The van der Waals surface area contributed by atoms with Gasteiger partial charge in [0.1, 0.15) is 17.4 Å². The lowest BCUT2D eigenvalue weighted by molar-refractivity contribution is 0.0968. The molecule has 1 aliphatic rings. The Kier molecular flexibility index (Phi) is 3.34. The van der Waals surface area contributed by atoms with Crippen molar-refractivity contribution in [3.8, 4) is 17.5 Å². The predicted molar refractivity (Wildman–Crippen MR) is 102 cm³/mol. The minimum Gasteiger partial charge on any atom is -0.333 e. The average molecular weight is 369 g/mol. The van der Waals surface area contributed by atoms with Crippen molar-refractivity contribution in [2.75, 3.05) is 0 Å². The van der Waals surface area contributed by atoms with Gasteiger partial charge in [0.2, 0.25) is 5.43 Å². The number of fused-ring (bicyclic) bond motifs is 4. The Morgan fingerprint density at radius 2 is 1.86 bits per heavy atom. The fourth-order valence-electron chi connectivity index (χ4n) is 3.91. The molecule has 5 nitrogen and oxygen atoms in total. The number of carbonyl (C=O) groups excluding carboxylic acids is 1. The van der Waals surface area contributed by atoms with Crippen molar-refractivity contribution in [3.05, 3.63) is 93.5 Å². The number of halogens is 1. The van der Waals surface area contributed by atoms with Crippen molar-refractivity contribution in [2.24, 2.45) is 0 Å². The summed E-state index contributed by atoms with van der Waals surface area (Å²) in [6, 6.07) is 16.6. The predicted octanol–water partition coefficient (Wildman–Crippen LogP) is 3.53. The molecule has 2 aromatic heterocycles. The molecule has 6 heteroatoms. The van der Waals surface area contributed by atoms with Crippen LogP contribution in [0.5, 0.6) is 0 Å². The summed E-state index contributed by atoms with van der Waals surface area (Å²) in [6.45, 7) is 0.216. The summed E-state index contributed by atoms with van der Waals surface area (Å²) in [7, 11) is 0. The Labute approximate surface area is 158 Å². The van der Waals surface area contributed by atoms with Crippen LogP contribution in [0.25, 0.3) is 22.3 Å². The Hall–Kier alpha value is -3.98. The van der Waals surface area contributed by atoms with Crippen molar-refractivity contribution < 1.29 is 9.18 Å². The van der Waals surface area contributed by atoms with Gasteiger partial charge in [-0.2, -0.15) is 5.26 Å². The van der Waals surface area contributed by atoms with Gasteiger partial charge in [-0.05, 0) is 42.0 Å². The van der Waals surface area contributed by atoms with E-state index in [-0.39, 0.29) is 17.9 Å². The Bertz CT molecular complexity index is 1410. The molecule has 4 aromatic rings. The molecule has 3 heterocycles. The van der Waals surface area contributed by atoms with Gasteiger partial charge in [-0.3, -0.25) is 14.2 Å². The first-order chi connectivity index (χ1) is 13.6. The van der Waals surface area contributed by atoms with E-state index in [0.717, 1.165) is 0 Å². The summed E-state index contributed by atoms with van der Waals surface area (Å²) < 4.78 is 17.0. The number of nitrogens with zero attached hydrogens (tertiary/aromatic N) is 3. The maximum atomic E-state index is 13.7. The second kappa shape index (κ2) is 5.76. The smallest absolute Gasteiger partial charge is 0.268 e. The monoisotopic (exact) mass is 369 g/mol. The highest BCUT2D eigenvalue weighted by Gasteiger charge is 2.33. The minimum absolute atomic E-state index is 0.0783. The summed E-state index contributed by atoms with van der Waals surface area (Å²) in [5.74, 6) is -0.767. The fourth-order valence-corrected chi connectivity index (χ4v) is 3.91. The van der Waals surface area contributed by atoms with Crippen LogP contribution < -0.4 is 5.43 Å². The number of para-hydroxylation sites is 1. The molecule has 0 radical (unpaired) electrons. The van der Waals surface area contributed by atoms with Crippen molar-refractivity contribution in [2.45, 2.75) is 6.54 Å². The highest BCUT2D eigenvalue weighted by molar-refractivity contribution is 6.10. The van der Waals surface area contributed by atoms with Gasteiger partial charge < -0.3 is 4.57 Å². The highest BCUT2D eigenvalue weighted by Crippen LogP contribution is 2.34. The van der Waals surface area contributed by atoms with E-state index in [1.165, 1.54) is 16.7 Å². The van der Waals surface area contributed by atoms with E-state index < -0.39 is 11.3 Å².